The van der Waals surface area contributed by atoms with E-state index in [1.54, 1.807) is 6.07 Å². The Bertz CT molecular complexity index is 755. The molecule has 1 aromatic carbocycles. The molecule has 0 saturated heterocycles. The molecule has 5 unspecified atom stereocenters. The van der Waals surface area contributed by atoms with Crippen LogP contribution in [0, 0.1) is 17.8 Å². The number of halogens is 2. The third kappa shape index (κ3) is 2.44. The van der Waals surface area contributed by atoms with Crippen LogP contribution in [0.5, 0.6) is 0 Å². The average molecular weight is 373 g/mol. The van der Waals surface area contributed by atoms with Crippen LogP contribution in [-0.4, -0.2) is 39.6 Å². The van der Waals surface area contributed by atoms with Crippen molar-refractivity contribution in [2.75, 3.05) is 0 Å². The molecular weight excluding hydrogens is 359 g/mol. The molecule has 0 bridgehead atoms. The number of nitrogens with one attached hydrogen (secondary N) is 1. The lowest BCUT2D eigenvalue weighted by molar-refractivity contribution is -0.145. The van der Waals surface area contributed by atoms with E-state index in [4.69, 9.17) is 28.9 Å². The van der Waals surface area contributed by atoms with Gasteiger partial charge in [0, 0.05) is 12.0 Å². The van der Waals surface area contributed by atoms with Crippen LogP contribution < -0.4 is 11.1 Å². The van der Waals surface area contributed by atoms with E-state index in [1.807, 2.05) is 0 Å². The fraction of sp³-hybridized carbons (Fsp3) is 0.400. The number of fused-ring (bicyclic) bond motifs is 1. The van der Waals surface area contributed by atoms with Crippen LogP contribution in [0.4, 0.5) is 0 Å². The Kier molecular flexibility index (Phi) is 3.98. The van der Waals surface area contributed by atoms with Gasteiger partial charge in [-0.3, -0.25) is 14.4 Å². The number of amides is 1. The zero-order valence-electron chi connectivity index (χ0n) is 12.2. The summed E-state index contributed by atoms with van der Waals surface area (Å²) in [5.41, 5.74) is 4.39. The topological polar surface area (TPSA) is 130 Å². The van der Waals surface area contributed by atoms with Gasteiger partial charge >= 0.3 is 11.9 Å². The highest BCUT2D eigenvalue weighted by Crippen LogP contribution is 2.61. The largest absolute Gasteiger partial charge is 0.481 e. The zero-order valence-corrected chi connectivity index (χ0v) is 13.7. The van der Waals surface area contributed by atoms with E-state index in [0.717, 1.165) is 0 Å². The Morgan fingerprint density at radius 3 is 2.50 bits per heavy atom. The second-order valence-electron chi connectivity index (χ2n) is 6.20. The molecule has 24 heavy (non-hydrogen) atoms. The van der Waals surface area contributed by atoms with Crippen molar-refractivity contribution in [3.05, 3.63) is 33.8 Å². The predicted molar refractivity (Wildman–Crippen MR) is 85.0 cm³/mol. The van der Waals surface area contributed by atoms with Crippen LogP contribution in [0.25, 0.3) is 0 Å². The average Bonchev–Trinajstić information content (AvgIpc) is 3.19. The van der Waals surface area contributed by atoms with Crippen molar-refractivity contribution in [1.82, 2.24) is 5.32 Å². The lowest BCUT2D eigenvalue weighted by Crippen LogP contribution is -2.52. The van der Waals surface area contributed by atoms with Gasteiger partial charge in [-0.25, -0.2) is 0 Å². The molecule has 0 aliphatic heterocycles. The molecule has 2 aliphatic rings. The first-order chi connectivity index (χ1) is 11.2. The van der Waals surface area contributed by atoms with Gasteiger partial charge in [0.1, 0.15) is 5.54 Å². The van der Waals surface area contributed by atoms with E-state index in [0.29, 0.717) is 0 Å². The third-order valence-corrected chi connectivity index (χ3v) is 5.71. The molecule has 1 aromatic rings. The number of aliphatic carboxylic acids is 2. The smallest absolute Gasteiger partial charge is 0.324 e. The van der Waals surface area contributed by atoms with Gasteiger partial charge in [-0.2, -0.15) is 0 Å². The van der Waals surface area contributed by atoms with Crippen molar-refractivity contribution < 1.29 is 24.6 Å². The van der Waals surface area contributed by atoms with E-state index in [1.165, 1.54) is 12.1 Å². The molecule has 1 amide bonds. The fourth-order valence-corrected chi connectivity index (χ4v) is 4.14. The zero-order chi connectivity index (χ0) is 17.8. The molecule has 128 valence electrons. The standard InChI is InChI=1S/C15H14Cl2N2O5/c16-6-3-1-2-5(11(6)17)12(20)19-7-4-15(18,14(23)24)10-8(7)9(10)13(21)22/h1-3,7-10H,4,18H2,(H,19,20)(H,21,22)(H,23,24). The monoisotopic (exact) mass is 372 g/mol. The summed E-state index contributed by atoms with van der Waals surface area (Å²) >= 11 is 11.9. The number of carbonyl (C=O) groups is 3. The van der Waals surface area contributed by atoms with Crippen molar-refractivity contribution >= 4 is 41.0 Å². The van der Waals surface area contributed by atoms with Gasteiger partial charge in [0.15, 0.2) is 0 Å². The minimum absolute atomic E-state index is 0.0363. The van der Waals surface area contributed by atoms with Crippen LogP contribution >= 0.6 is 23.2 Å². The van der Waals surface area contributed by atoms with Gasteiger partial charge < -0.3 is 21.3 Å². The number of carboxylic acid groups (broad SMARTS) is 2. The molecule has 0 spiro atoms. The molecule has 5 N–H and O–H groups in total. The lowest BCUT2D eigenvalue weighted by Gasteiger charge is -2.25. The maximum atomic E-state index is 12.4. The molecule has 7 nitrogen and oxygen atoms in total. The summed E-state index contributed by atoms with van der Waals surface area (Å²) in [5.74, 6) is -5.00. The first-order valence-electron chi connectivity index (χ1n) is 7.18. The van der Waals surface area contributed by atoms with Crippen LogP contribution in [0.3, 0.4) is 0 Å². The number of rotatable bonds is 4. The number of hydrogen-bond acceptors (Lipinski definition) is 4. The van der Waals surface area contributed by atoms with Crippen molar-refractivity contribution in [1.29, 1.82) is 0 Å². The first kappa shape index (κ1) is 17.0. The summed E-state index contributed by atoms with van der Waals surface area (Å²) in [7, 11) is 0. The second kappa shape index (κ2) is 5.61. The lowest BCUT2D eigenvalue weighted by atomic mass is 9.90. The second-order valence-corrected chi connectivity index (χ2v) is 6.98. The molecular formula is C15H14Cl2N2O5. The van der Waals surface area contributed by atoms with Crippen LogP contribution in [-0.2, 0) is 9.59 Å². The van der Waals surface area contributed by atoms with E-state index >= 15 is 0 Å². The molecule has 2 fully saturated rings. The molecule has 0 heterocycles. The Morgan fingerprint density at radius 2 is 1.92 bits per heavy atom. The first-order valence-corrected chi connectivity index (χ1v) is 7.94. The SMILES string of the molecule is NC1(C(=O)O)CC(NC(=O)c2cccc(Cl)c2Cl)C2C(C(=O)O)C21. The summed E-state index contributed by atoms with van der Waals surface area (Å²) in [6.07, 6.45) is -0.0363. The van der Waals surface area contributed by atoms with E-state index in [9.17, 15) is 24.6 Å². The summed E-state index contributed by atoms with van der Waals surface area (Å²) in [6, 6.07) is 3.91. The van der Waals surface area contributed by atoms with E-state index in [-0.39, 0.29) is 22.0 Å². The highest BCUT2D eigenvalue weighted by molar-refractivity contribution is 6.43. The van der Waals surface area contributed by atoms with Gasteiger partial charge in [-0.15, -0.1) is 0 Å². The Hall–Kier alpha value is -1.83. The van der Waals surface area contributed by atoms with Crippen molar-refractivity contribution in [2.24, 2.45) is 23.5 Å². The van der Waals surface area contributed by atoms with Crippen LogP contribution in [0.15, 0.2) is 18.2 Å². The normalized spacial score (nSPS) is 33.6. The molecule has 5 atom stereocenters. The fourth-order valence-electron chi connectivity index (χ4n) is 3.76. The molecule has 9 heteroatoms. The van der Waals surface area contributed by atoms with Gasteiger partial charge in [0.2, 0.25) is 0 Å². The summed E-state index contributed by atoms with van der Waals surface area (Å²) in [4.78, 5) is 35.2. The van der Waals surface area contributed by atoms with E-state index in [2.05, 4.69) is 5.32 Å². The maximum absolute atomic E-state index is 12.4. The molecule has 2 aliphatic carbocycles. The molecule has 3 rings (SSSR count). The van der Waals surface area contributed by atoms with Crippen LogP contribution in [0.2, 0.25) is 10.0 Å². The predicted octanol–water partition coefficient (Wildman–Crippen LogP) is 1.22. The maximum Gasteiger partial charge on any atom is 0.324 e. The Morgan fingerprint density at radius 1 is 1.25 bits per heavy atom. The van der Waals surface area contributed by atoms with Gasteiger partial charge in [-0.1, -0.05) is 29.3 Å². The number of nitrogens with two attached hydrogens (primary N) is 1. The minimum atomic E-state index is -1.66. The van der Waals surface area contributed by atoms with Crippen molar-refractivity contribution in [2.45, 2.75) is 18.0 Å². The number of benzene rings is 1. The van der Waals surface area contributed by atoms with Crippen molar-refractivity contribution in [3.8, 4) is 0 Å². The van der Waals surface area contributed by atoms with Gasteiger partial charge in [0.05, 0.1) is 21.5 Å². The van der Waals surface area contributed by atoms with Gasteiger partial charge in [0.25, 0.3) is 5.91 Å². The van der Waals surface area contributed by atoms with Crippen LogP contribution in [0.1, 0.15) is 16.8 Å². The number of hydrogen-bond donors (Lipinski definition) is 4. The van der Waals surface area contributed by atoms with Crippen molar-refractivity contribution in [3.63, 3.8) is 0 Å². The summed E-state index contributed by atoms with van der Waals surface area (Å²) in [6.45, 7) is 0. The summed E-state index contributed by atoms with van der Waals surface area (Å²) in [5, 5.41) is 21.5. The minimum Gasteiger partial charge on any atom is -0.481 e. The van der Waals surface area contributed by atoms with E-state index < -0.39 is 47.2 Å². The molecule has 0 aromatic heterocycles. The Labute approximate surface area is 146 Å². The Balaban J connectivity index is 1.83. The molecule has 2 saturated carbocycles. The number of carboxylic acids is 2. The summed E-state index contributed by atoms with van der Waals surface area (Å²) < 4.78 is 0. The third-order valence-electron chi connectivity index (χ3n) is 4.89. The highest BCUT2D eigenvalue weighted by Gasteiger charge is 2.74. The van der Waals surface area contributed by atoms with Gasteiger partial charge in [-0.05, 0) is 24.5 Å². The highest BCUT2D eigenvalue weighted by atomic mass is 35.5. The quantitative estimate of drug-likeness (QED) is 0.628. The molecule has 0 radical (unpaired) electrons. The number of carbonyl (C=O) groups excluding carboxylic acids is 1.